The van der Waals surface area contributed by atoms with E-state index in [0.717, 1.165) is 0 Å². The van der Waals surface area contributed by atoms with Crippen LogP contribution in [0.25, 0.3) is 11.0 Å². The van der Waals surface area contributed by atoms with Crippen LogP contribution in [0.4, 0.5) is 0 Å². The average molecular weight is 354 g/mol. The van der Waals surface area contributed by atoms with Gasteiger partial charge in [0.05, 0.1) is 0 Å². The lowest BCUT2D eigenvalue weighted by atomic mass is 10.00. The highest BCUT2D eigenvalue weighted by atomic mass is 16.4. The minimum atomic E-state index is -0.696. The van der Waals surface area contributed by atoms with Crippen LogP contribution in [0.3, 0.4) is 0 Å². The number of ketones is 2. The Morgan fingerprint density at radius 2 is 1.22 bits per heavy atom. The Morgan fingerprint density at radius 1 is 0.630 bits per heavy atom. The fraction of sp³-hybridized carbons (Fsp3) is 0. The van der Waals surface area contributed by atoms with Crippen molar-refractivity contribution >= 4 is 22.5 Å². The van der Waals surface area contributed by atoms with Crippen molar-refractivity contribution in [2.45, 2.75) is 0 Å². The molecule has 130 valence electrons. The first kappa shape index (κ1) is 16.7. The van der Waals surface area contributed by atoms with Crippen LogP contribution >= 0.6 is 0 Å². The molecule has 0 saturated heterocycles. The zero-order valence-corrected chi connectivity index (χ0v) is 14.2. The fourth-order valence-electron chi connectivity index (χ4n) is 2.92. The first-order valence-corrected chi connectivity index (χ1v) is 8.41. The van der Waals surface area contributed by atoms with Crippen molar-refractivity contribution in [1.29, 1.82) is 0 Å². The Bertz CT molecular complexity index is 1210. The molecule has 27 heavy (non-hydrogen) atoms. The van der Waals surface area contributed by atoms with Crippen molar-refractivity contribution in [2.24, 2.45) is 0 Å². The van der Waals surface area contributed by atoms with Gasteiger partial charge < -0.3 is 4.42 Å². The summed E-state index contributed by atoms with van der Waals surface area (Å²) in [5.41, 5.74) is 1.00. The number of rotatable bonds is 4. The van der Waals surface area contributed by atoms with Crippen LogP contribution in [-0.2, 0) is 0 Å². The summed E-state index contributed by atoms with van der Waals surface area (Å²) in [6, 6.07) is 23.7. The number of benzene rings is 3. The van der Waals surface area contributed by atoms with Gasteiger partial charge in [-0.05, 0) is 24.3 Å². The van der Waals surface area contributed by atoms with Crippen LogP contribution in [-0.4, -0.2) is 11.6 Å². The Kier molecular flexibility index (Phi) is 4.22. The second-order valence-electron chi connectivity index (χ2n) is 6.09. The second-order valence-corrected chi connectivity index (χ2v) is 6.09. The minimum Gasteiger partial charge on any atom is -0.422 e. The molecule has 0 fully saturated rings. The van der Waals surface area contributed by atoms with E-state index in [2.05, 4.69) is 0 Å². The third-order valence-electron chi connectivity index (χ3n) is 4.31. The SMILES string of the molecule is O=C(c1ccccc1)c1ccc2oc(=O)c(C(=O)c3ccccc3)cc2c1. The molecule has 1 heterocycles. The van der Waals surface area contributed by atoms with Gasteiger partial charge in [-0.2, -0.15) is 0 Å². The number of carbonyl (C=O) groups excluding carboxylic acids is 2. The van der Waals surface area contributed by atoms with Crippen LogP contribution in [0, 0.1) is 0 Å². The standard InChI is InChI=1S/C23H14O4/c24-21(15-7-3-1-4-8-15)17-11-12-20-18(13-17)14-19(23(26)27-20)22(25)16-9-5-2-6-10-16/h1-14H. The Balaban J connectivity index is 1.80. The van der Waals surface area contributed by atoms with Gasteiger partial charge in [0.2, 0.25) is 0 Å². The van der Waals surface area contributed by atoms with E-state index in [4.69, 9.17) is 4.42 Å². The van der Waals surface area contributed by atoms with E-state index in [9.17, 15) is 14.4 Å². The Morgan fingerprint density at radius 3 is 1.85 bits per heavy atom. The molecule has 0 aliphatic heterocycles. The first-order valence-electron chi connectivity index (χ1n) is 8.41. The van der Waals surface area contributed by atoms with Gasteiger partial charge in [0.15, 0.2) is 11.6 Å². The molecule has 0 saturated carbocycles. The third kappa shape index (κ3) is 3.20. The van der Waals surface area contributed by atoms with E-state index in [1.165, 1.54) is 6.07 Å². The first-order chi connectivity index (χ1) is 13.1. The summed E-state index contributed by atoms with van der Waals surface area (Å²) in [7, 11) is 0. The van der Waals surface area contributed by atoms with Crippen molar-refractivity contribution in [3.63, 3.8) is 0 Å². The Hall–Kier alpha value is -3.79. The zero-order valence-electron chi connectivity index (χ0n) is 14.2. The molecule has 0 aliphatic carbocycles. The van der Waals surface area contributed by atoms with Gasteiger partial charge in [0.25, 0.3) is 0 Å². The molecule has 0 unspecified atom stereocenters. The molecular formula is C23H14O4. The van der Waals surface area contributed by atoms with Crippen molar-refractivity contribution < 1.29 is 14.0 Å². The second kappa shape index (κ2) is 6.84. The number of fused-ring (bicyclic) bond motifs is 1. The molecule has 0 atom stereocenters. The van der Waals surface area contributed by atoms with E-state index in [1.807, 2.05) is 6.07 Å². The topological polar surface area (TPSA) is 64.3 Å². The molecule has 4 heteroatoms. The minimum absolute atomic E-state index is 0.0574. The van der Waals surface area contributed by atoms with Crippen LogP contribution in [0.2, 0.25) is 0 Å². The summed E-state index contributed by atoms with van der Waals surface area (Å²) < 4.78 is 5.29. The van der Waals surface area contributed by atoms with Crippen molar-refractivity contribution in [2.75, 3.05) is 0 Å². The van der Waals surface area contributed by atoms with Crippen LogP contribution in [0.1, 0.15) is 31.8 Å². The summed E-state index contributed by atoms with van der Waals surface area (Å²) in [6.45, 7) is 0. The highest BCUT2D eigenvalue weighted by molar-refractivity contribution is 6.12. The maximum absolute atomic E-state index is 12.6. The molecule has 0 radical (unpaired) electrons. The predicted octanol–water partition coefficient (Wildman–Crippen LogP) is 4.26. The maximum atomic E-state index is 12.6. The molecule has 0 bridgehead atoms. The number of carbonyl (C=O) groups is 2. The van der Waals surface area contributed by atoms with Crippen LogP contribution in [0.5, 0.6) is 0 Å². The maximum Gasteiger partial charge on any atom is 0.347 e. The fourth-order valence-corrected chi connectivity index (χ4v) is 2.92. The molecule has 0 N–H and O–H groups in total. The molecule has 4 rings (SSSR count). The van der Waals surface area contributed by atoms with Crippen molar-refractivity contribution in [3.05, 3.63) is 118 Å². The van der Waals surface area contributed by atoms with Crippen molar-refractivity contribution in [3.8, 4) is 0 Å². The number of hydrogen-bond donors (Lipinski definition) is 0. The lowest BCUT2D eigenvalue weighted by Gasteiger charge is -2.05. The van der Waals surface area contributed by atoms with Gasteiger partial charge >= 0.3 is 5.63 Å². The van der Waals surface area contributed by atoms with E-state index in [1.54, 1.807) is 72.8 Å². The molecule has 0 spiro atoms. The highest BCUT2D eigenvalue weighted by Gasteiger charge is 2.17. The normalized spacial score (nSPS) is 10.7. The zero-order chi connectivity index (χ0) is 18.8. The summed E-state index contributed by atoms with van der Waals surface area (Å²) in [5.74, 6) is -0.550. The van der Waals surface area contributed by atoms with Gasteiger partial charge in [0, 0.05) is 22.1 Å². The van der Waals surface area contributed by atoms with E-state index in [0.29, 0.717) is 27.7 Å². The average Bonchev–Trinajstić information content (AvgIpc) is 2.73. The van der Waals surface area contributed by atoms with Crippen molar-refractivity contribution in [1.82, 2.24) is 0 Å². The molecule has 4 aromatic rings. The summed E-state index contributed by atoms with van der Waals surface area (Å²) in [6.07, 6.45) is 0. The van der Waals surface area contributed by atoms with E-state index < -0.39 is 11.4 Å². The molecular weight excluding hydrogens is 340 g/mol. The van der Waals surface area contributed by atoms with Gasteiger partial charge in [-0.25, -0.2) is 4.79 Å². The van der Waals surface area contributed by atoms with E-state index in [-0.39, 0.29) is 11.3 Å². The predicted molar refractivity (Wildman–Crippen MR) is 102 cm³/mol. The van der Waals surface area contributed by atoms with Crippen LogP contribution in [0.15, 0.2) is 94.1 Å². The lowest BCUT2D eigenvalue weighted by molar-refractivity contribution is 0.103. The Labute approximate surface area is 154 Å². The van der Waals surface area contributed by atoms with Gasteiger partial charge in [-0.3, -0.25) is 9.59 Å². The number of hydrogen-bond acceptors (Lipinski definition) is 4. The summed E-state index contributed by atoms with van der Waals surface area (Å²) in [4.78, 5) is 37.5. The van der Waals surface area contributed by atoms with Crippen LogP contribution < -0.4 is 5.63 Å². The smallest absolute Gasteiger partial charge is 0.347 e. The highest BCUT2D eigenvalue weighted by Crippen LogP contribution is 2.19. The van der Waals surface area contributed by atoms with Gasteiger partial charge in [0.1, 0.15) is 11.1 Å². The summed E-state index contributed by atoms with van der Waals surface area (Å²) >= 11 is 0. The lowest BCUT2D eigenvalue weighted by Crippen LogP contribution is -2.14. The third-order valence-corrected chi connectivity index (χ3v) is 4.31. The van der Waals surface area contributed by atoms with Gasteiger partial charge in [-0.1, -0.05) is 60.7 Å². The molecule has 4 nitrogen and oxygen atoms in total. The largest absolute Gasteiger partial charge is 0.422 e. The quantitative estimate of drug-likeness (QED) is 0.406. The monoisotopic (exact) mass is 354 g/mol. The summed E-state index contributed by atoms with van der Waals surface area (Å²) in [5, 5.41) is 0.524. The van der Waals surface area contributed by atoms with Gasteiger partial charge in [-0.15, -0.1) is 0 Å². The molecule has 1 aromatic heterocycles. The van der Waals surface area contributed by atoms with E-state index >= 15 is 0 Å². The molecule has 0 aliphatic rings. The molecule has 3 aromatic carbocycles. The molecule has 0 amide bonds.